The first-order valence-corrected chi connectivity index (χ1v) is 7.85. The Labute approximate surface area is 123 Å². The van der Waals surface area contributed by atoms with Crippen LogP contribution in [0, 0.1) is 5.92 Å². The van der Waals surface area contributed by atoms with Gasteiger partial charge in [-0.15, -0.1) is 0 Å². The Morgan fingerprint density at radius 3 is 2.50 bits per heavy atom. The Morgan fingerprint density at radius 2 is 1.95 bits per heavy atom. The third kappa shape index (κ3) is 3.71. The van der Waals surface area contributed by atoms with Crippen molar-refractivity contribution in [1.82, 2.24) is 20.4 Å². The van der Waals surface area contributed by atoms with Crippen molar-refractivity contribution >= 4 is 5.91 Å². The van der Waals surface area contributed by atoms with Gasteiger partial charge in [-0.05, 0) is 39.8 Å². The zero-order valence-electron chi connectivity index (χ0n) is 13.4. The van der Waals surface area contributed by atoms with E-state index in [1.165, 1.54) is 0 Å². The Hall–Kier alpha value is -0.650. The highest BCUT2D eigenvalue weighted by atomic mass is 16.2. The van der Waals surface area contributed by atoms with E-state index in [2.05, 4.69) is 48.3 Å². The molecule has 2 fully saturated rings. The summed E-state index contributed by atoms with van der Waals surface area (Å²) in [6.07, 6.45) is 1.10. The molecule has 2 heterocycles. The standard InChI is InChI=1S/C15H30N4O/c1-12-5-6-16-13(12)14(20)17-11-15(2,3)19-9-7-18(4)8-10-19/h12-13,16H,5-11H2,1-4H3,(H,17,20). The van der Waals surface area contributed by atoms with Crippen molar-refractivity contribution in [1.29, 1.82) is 0 Å². The molecule has 2 aliphatic heterocycles. The molecule has 2 rings (SSSR count). The molecule has 2 unspecified atom stereocenters. The van der Waals surface area contributed by atoms with Gasteiger partial charge in [0.1, 0.15) is 0 Å². The largest absolute Gasteiger partial charge is 0.353 e. The fraction of sp³-hybridized carbons (Fsp3) is 0.933. The van der Waals surface area contributed by atoms with Crippen LogP contribution in [0.25, 0.3) is 0 Å². The maximum atomic E-state index is 12.2. The lowest BCUT2D eigenvalue weighted by Gasteiger charge is -2.43. The summed E-state index contributed by atoms with van der Waals surface area (Å²) in [5, 5.41) is 6.44. The lowest BCUT2D eigenvalue weighted by molar-refractivity contribution is -0.124. The molecule has 2 N–H and O–H groups in total. The van der Waals surface area contributed by atoms with Crippen LogP contribution < -0.4 is 10.6 Å². The molecule has 1 amide bonds. The lowest BCUT2D eigenvalue weighted by atomic mass is 9.99. The molecule has 0 bridgehead atoms. The smallest absolute Gasteiger partial charge is 0.237 e. The van der Waals surface area contributed by atoms with Gasteiger partial charge in [0.2, 0.25) is 5.91 Å². The van der Waals surface area contributed by atoms with Crippen molar-refractivity contribution in [2.45, 2.75) is 38.8 Å². The summed E-state index contributed by atoms with van der Waals surface area (Å²) in [4.78, 5) is 17.1. The predicted molar refractivity (Wildman–Crippen MR) is 81.7 cm³/mol. The predicted octanol–water partition coefficient (Wildman–Crippen LogP) is 0.127. The monoisotopic (exact) mass is 282 g/mol. The minimum atomic E-state index is -0.00158. The van der Waals surface area contributed by atoms with Crippen LogP contribution in [0.2, 0.25) is 0 Å². The second-order valence-corrected chi connectivity index (χ2v) is 7.02. The number of hydrogen-bond acceptors (Lipinski definition) is 4. The molecule has 0 aliphatic carbocycles. The van der Waals surface area contributed by atoms with Crippen LogP contribution in [0.5, 0.6) is 0 Å². The molecule has 116 valence electrons. The van der Waals surface area contributed by atoms with Gasteiger partial charge in [-0.1, -0.05) is 6.92 Å². The average Bonchev–Trinajstić information content (AvgIpc) is 2.83. The van der Waals surface area contributed by atoms with Crippen LogP contribution in [0.15, 0.2) is 0 Å². The number of carbonyl (C=O) groups is 1. The van der Waals surface area contributed by atoms with Gasteiger partial charge < -0.3 is 15.5 Å². The van der Waals surface area contributed by atoms with E-state index < -0.39 is 0 Å². The van der Waals surface area contributed by atoms with Crippen molar-refractivity contribution in [3.8, 4) is 0 Å². The molecule has 0 radical (unpaired) electrons. The van der Waals surface area contributed by atoms with Crippen LogP contribution in [0.4, 0.5) is 0 Å². The van der Waals surface area contributed by atoms with E-state index in [0.717, 1.165) is 45.7 Å². The van der Waals surface area contributed by atoms with Gasteiger partial charge in [-0.25, -0.2) is 0 Å². The molecule has 0 aromatic carbocycles. The number of likely N-dealkylation sites (N-methyl/N-ethyl adjacent to an activating group) is 1. The zero-order valence-corrected chi connectivity index (χ0v) is 13.4. The van der Waals surface area contributed by atoms with E-state index in [1.807, 2.05) is 0 Å². The van der Waals surface area contributed by atoms with Crippen molar-refractivity contribution in [3.05, 3.63) is 0 Å². The first kappa shape index (κ1) is 15.7. The summed E-state index contributed by atoms with van der Waals surface area (Å²) in [7, 11) is 2.17. The van der Waals surface area contributed by atoms with Crippen LogP contribution in [-0.2, 0) is 4.79 Å². The molecule has 20 heavy (non-hydrogen) atoms. The van der Waals surface area contributed by atoms with Gasteiger partial charge in [0.25, 0.3) is 0 Å². The van der Waals surface area contributed by atoms with Crippen molar-refractivity contribution in [2.75, 3.05) is 46.3 Å². The van der Waals surface area contributed by atoms with Crippen LogP contribution in [0.1, 0.15) is 27.2 Å². The SMILES string of the molecule is CC1CCNC1C(=O)NCC(C)(C)N1CCN(C)CC1. The molecule has 2 aliphatic rings. The fourth-order valence-corrected chi connectivity index (χ4v) is 3.12. The first-order chi connectivity index (χ1) is 9.40. The van der Waals surface area contributed by atoms with Crippen molar-refractivity contribution in [3.63, 3.8) is 0 Å². The number of rotatable bonds is 4. The lowest BCUT2D eigenvalue weighted by Crippen LogP contribution is -2.59. The number of carbonyl (C=O) groups excluding carboxylic acids is 1. The van der Waals surface area contributed by atoms with E-state index in [0.29, 0.717) is 5.92 Å². The molecule has 2 saturated heterocycles. The normalized spacial score (nSPS) is 29.6. The van der Waals surface area contributed by atoms with Crippen molar-refractivity contribution in [2.24, 2.45) is 5.92 Å². The van der Waals surface area contributed by atoms with E-state index >= 15 is 0 Å². The summed E-state index contributed by atoms with van der Waals surface area (Å²) in [5.74, 6) is 0.610. The number of piperazine rings is 1. The summed E-state index contributed by atoms with van der Waals surface area (Å²) in [6.45, 7) is 12.7. The van der Waals surface area contributed by atoms with Gasteiger partial charge >= 0.3 is 0 Å². The Bertz CT molecular complexity index is 337. The van der Waals surface area contributed by atoms with Crippen molar-refractivity contribution < 1.29 is 4.79 Å². The van der Waals surface area contributed by atoms with E-state index in [-0.39, 0.29) is 17.5 Å². The van der Waals surface area contributed by atoms with Gasteiger partial charge in [0, 0.05) is 38.3 Å². The fourth-order valence-electron chi connectivity index (χ4n) is 3.12. The topological polar surface area (TPSA) is 47.6 Å². The van der Waals surface area contributed by atoms with Gasteiger partial charge in [-0.3, -0.25) is 9.69 Å². The molecule has 5 heteroatoms. The minimum Gasteiger partial charge on any atom is -0.353 e. The molecule has 0 spiro atoms. The number of nitrogens with one attached hydrogen (secondary N) is 2. The molecule has 0 aromatic rings. The minimum absolute atomic E-state index is 0.00158. The van der Waals surface area contributed by atoms with Crippen LogP contribution >= 0.6 is 0 Å². The maximum absolute atomic E-state index is 12.2. The second kappa shape index (κ2) is 6.41. The maximum Gasteiger partial charge on any atom is 0.237 e. The third-order valence-corrected chi connectivity index (χ3v) is 4.87. The third-order valence-electron chi connectivity index (χ3n) is 4.87. The molecular formula is C15H30N4O. The molecule has 0 aromatic heterocycles. The Morgan fingerprint density at radius 1 is 1.30 bits per heavy atom. The van der Waals surface area contributed by atoms with Crippen LogP contribution in [-0.4, -0.2) is 73.6 Å². The zero-order chi connectivity index (χ0) is 14.8. The highest BCUT2D eigenvalue weighted by molar-refractivity contribution is 5.82. The van der Waals surface area contributed by atoms with E-state index in [9.17, 15) is 4.79 Å². The summed E-state index contributed by atoms with van der Waals surface area (Å²) >= 11 is 0. The van der Waals surface area contributed by atoms with Crippen LogP contribution in [0.3, 0.4) is 0 Å². The summed E-state index contributed by atoms with van der Waals surface area (Å²) in [5.41, 5.74) is 0.0265. The van der Waals surface area contributed by atoms with Gasteiger partial charge in [0.05, 0.1) is 6.04 Å². The number of nitrogens with zero attached hydrogens (tertiary/aromatic N) is 2. The van der Waals surface area contributed by atoms with E-state index in [1.54, 1.807) is 0 Å². The Balaban J connectivity index is 1.81. The first-order valence-electron chi connectivity index (χ1n) is 7.85. The quantitative estimate of drug-likeness (QED) is 0.769. The second-order valence-electron chi connectivity index (χ2n) is 7.02. The number of amides is 1. The molecule has 0 saturated carbocycles. The van der Waals surface area contributed by atoms with E-state index in [4.69, 9.17) is 0 Å². The van der Waals surface area contributed by atoms with Gasteiger partial charge in [-0.2, -0.15) is 0 Å². The molecule has 5 nitrogen and oxygen atoms in total. The highest BCUT2D eigenvalue weighted by Gasteiger charge is 2.33. The summed E-state index contributed by atoms with van der Waals surface area (Å²) in [6, 6.07) is -0.00158. The Kier molecular flexibility index (Phi) is 5.04. The average molecular weight is 282 g/mol. The summed E-state index contributed by atoms with van der Waals surface area (Å²) < 4.78 is 0. The molecule has 2 atom stereocenters. The van der Waals surface area contributed by atoms with Gasteiger partial charge in [0.15, 0.2) is 0 Å². The number of hydrogen-bond donors (Lipinski definition) is 2. The highest BCUT2D eigenvalue weighted by Crippen LogP contribution is 2.17. The molecular weight excluding hydrogens is 252 g/mol.